The summed E-state index contributed by atoms with van der Waals surface area (Å²) in [5.41, 5.74) is 2.96. The van der Waals surface area contributed by atoms with Crippen molar-refractivity contribution < 1.29 is 0 Å². The molecule has 1 saturated heterocycles. The van der Waals surface area contributed by atoms with Gasteiger partial charge in [-0.2, -0.15) is 0 Å². The first-order valence-electron chi connectivity index (χ1n) is 8.76. The van der Waals surface area contributed by atoms with E-state index in [1.165, 1.54) is 0 Å². The highest BCUT2D eigenvalue weighted by atomic mass is 16.1. The third-order valence-electron chi connectivity index (χ3n) is 5.25. The molecule has 1 atom stereocenters. The number of aryl methyl sites for hydroxylation is 2. The summed E-state index contributed by atoms with van der Waals surface area (Å²) < 4.78 is 1.68. The summed E-state index contributed by atoms with van der Waals surface area (Å²) in [6.45, 7) is 5.73. The molecule has 0 radical (unpaired) electrons. The van der Waals surface area contributed by atoms with E-state index >= 15 is 0 Å². The second-order valence-electron chi connectivity index (χ2n) is 6.87. The summed E-state index contributed by atoms with van der Waals surface area (Å²) in [5.74, 6) is 1.83. The third-order valence-corrected chi connectivity index (χ3v) is 5.25. The summed E-state index contributed by atoms with van der Waals surface area (Å²) in [4.78, 5) is 27.8. The number of rotatable bonds is 3. The van der Waals surface area contributed by atoms with Gasteiger partial charge in [-0.05, 0) is 45.4 Å². The Morgan fingerprint density at radius 2 is 2.04 bits per heavy atom. The number of para-hydroxylation sites is 1. The van der Waals surface area contributed by atoms with E-state index < -0.39 is 0 Å². The van der Waals surface area contributed by atoms with Crippen LogP contribution >= 0.6 is 0 Å². The van der Waals surface area contributed by atoms with Gasteiger partial charge in [0.2, 0.25) is 0 Å². The number of H-pyrrole nitrogens is 1. The van der Waals surface area contributed by atoms with Gasteiger partial charge >= 0.3 is 0 Å². The minimum absolute atomic E-state index is 0.0148. The molecule has 1 aliphatic rings. The summed E-state index contributed by atoms with van der Waals surface area (Å²) >= 11 is 0. The number of fused-ring (bicyclic) bond motifs is 1. The van der Waals surface area contributed by atoms with Crippen molar-refractivity contribution in [2.45, 2.75) is 39.3 Å². The van der Waals surface area contributed by atoms with E-state index in [2.05, 4.69) is 21.8 Å². The predicted octanol–water partition coefficient (Wildman–Crippen LogP) is 2.61. The van der Waals surface area contributed by atoms with Crippen LogP contribution in [0.1, 0.15) is 41.9 Å². The summed E-state index contributed by atoms with van der Waals surface area (Å²) in [7, 11) is 1.81. The molecule has 3 heterocycles. The van der Waals surface area contributed by atoms with Crippen LogP contribution in [-0.2, 0) is 13.6 Å². The van der Waals surface area contributed by atoms with E-state index in [4.69, 9.17) is 4.98 Å². The number of nitrogens with one attached hydrogen (secondary N) is 1. The molecule has 25 heavy (non-hydrogen) atoms. The van der Waals surface area contributed by atoms with Crippen molar-refractivity contribution in [3.05, 3.63) is 57.7 Å². The zero-order valence-corrected chi connectivity index (χ0v) is 14.9. The zero-order valence-electron chi connectivity index (χ0n) is 14.9. The smallest absolute Gasteiger partial charge is 0.261 e. The lowest BCUT2D eigenvalue weighted by Crippen LogP contribution is -2.30. The largest absolute Gasteiger partial charge is 0.345 e. The Morgan fingerprint density at radius 3 is 2.80 bits per heavy atom. The van der Waals surface area contributed by atoms with Crippen molar-refractivity contribution in [3.8, 4) is 0 Å². The van der Waals surface area contributed by atoms with Gasteiger partial charge in [-0.25, -0.2) is 9.97 Å². The van der Waals surface area contributed by atoms with E-state index in [-0.39, 0.29) is 11.6 Å². The molecule has 1 aliphatic heterocycles. The van der Waals surface area contributed by atoms with Gasteiger partial charge in [0.05, 0.1) is 29.2 Å². The van der Waals surface area contributed by atoms with Crippen LogP contribution in [0.15, 0.2) is 29.1 Å². The molecule has 0 aliphatic carbocycles. The van der Waals surface area contributed by atoms with Crippen molar-refractivity contribution >= 4 is 10.9 Å². The lowest BCUT2D eigenvalue weighted by Gasteiger charge is -2.23. The molecule has 130 valence electrons. The molecule has 0 spiro atoms. The summed E-state index contributed by atoms with van der Waals surface area (Å²) in [5, 5.41) is 0.670. The maximum absolute atomic E-state index is 12.6. The van der Waals surface area contributed by atoms with E-state index in [1.807, 2.05) is 38.2 Å². The van der Waals surface area contributed by atoms with E-state index in [9.17, 15) is 4.79 Å². The van der Waals surface area contributed by atoms with E-state index in [0.717, 1.165) is 47.9 Å². The van der Waals surface area contributed by atoms with Gasteiger partial charge < -0.3 is 4.98 Å². The SMILES string of the molecule is Cc1nc(C2CCCN2Cc2nc3ccccc3c(=O)n2C)[nH]c1C. The Labute approximate surface area is 146 Å². The molecule has 6 heteroatoms. The standard InChI is InChI=1S/C19H23N5O/c1-12-13(2)21-18(20-12)16-9-6-10-24(16)11-17-22-15-8-5-4-7-14(15)19(25)23(17)3/h4-5,7-8,16H,6,9-11H2,1-3H3,(H,20,21). The maximum atomic E-state index is 12.6. The average Bonchev–Trinajstić information content (AvgIpc) is 3.19. The number of aromatic amines is 1. The molecule has 4 rings (SSSR count). The summed E-state index contributed by atoms with van der Waals surface area (Å²) in [6.07, 6.45) is 2.21. The molecule has 6 nitrogen and oxygen atoms in total. The maximum Gasteiger partial charge on any atom is 0.261 e. The average molecular weight is 337 g/mol. The highest BCUT2D eigenvalue weighted by molar-refractivity contribution is 5.77. The molecule has 2 aromatic heterocycles. The molecule has 0 saturated carbocycles. The highest BCUT2D eigenvalue weighted by Crippen LogP contribution is 2.31. The minimum Gasteiger partial charge on any atom is -0.345 e. The van der Waals surface area contributed by atoms with Crippen LogP contribution in [0.2, 0.25) is 0 Å². The van der Waals surface area contributed by atoms with Gasteiger partial charge in [-0.3, -0.25) is 14.3 Å². The fraction of sp³-hybridized carbons (Fsp3) is 0.421. The highest BCUT2D eigenvalue weighted by Gasteiger charge is 2.29. The number of benzene rings is 1. The fourth-order valence-corrected chi connectivity index (χ4v) is 3.64. The molecule has 3 aromatic rings. The van der Waals surface area contributed by atoms with Gasteiger partial charge in [0.1, 0.15) is 11.6 Å². The van der Waals surface area contributed by atoms with Crippen LogP contribution in [-0.4, -0.2) is 31.0 Å². The molecule has 0 amide bonds. The van der Waals surface area contributed by atoms with Crippen LogP contribution in [0.4, 0.5) is 0 Å². The van der Waals surface area contributed by atoms with Crippen LogP contribution in [0.5, 0.6) is 0 Å². The zero-order chi connectivity index (χ0) is 17.6. The van der Waals surface area contributed by atoms with Crippen LogP contribution in [0.25, 0.3) is 10.9 Å². The summed E-state index contributed by atoms with van der Waals surface area (Å²) in [6, 6.07) is 7.80. The monoisotopic (exact) mass is 337 g/mol. The first kappa shape index (κ1) is 16.0. The van der Waals surface area contributed by atoms with Crippen LogP contribution in [0.3, 0.4) is 0 Å². The van der Waals surface area contributed by atoms with Crippen molar-refractivity contribution in [1.82, 2.24) is 24.4 Å². The topological polar surface area (TPSA) is 66.8 Å². The van der Waals surface area contributed by atoms with Crippen LogP contribution < -0.4 is 5.56 Å². The van der Waals surface area contributed by atoms with Gasteiger partial charge in [0, 0.05) is 12.7 Å². The number of imidazole rings is 1. The molecule has 1 aromatic carbocycles. The van der Waals surface area contributed by atoms with Gasteiger partial charge in [0.25, 0.3) is 5.56 Å². The molecule has 1 unspecified atom stereocenters. The number of nitrogens with zero attached hydrogens (tertiary/aromatic N) is 4. The van der Waals surface area contributed by atoms with Crippen molar-refractivity contribution in [3.63, 3.8) is 0 Å². The minimum atomic E-state index is 0.0148. The third kappa shape index (κ3) is 2.76. The lowest BCUT2D eigenvalue weighted by molar-refractivity contribution is 0.231. The first-order chi connectivity index (χ1) is 12.0. The molecular formula is C19H23N5O. The van der Waals surface area contributed by atoms with Crippen molar-refractivity contribution in [2.24, 2.45) is 7.05 Å². The van der Waals surface area contributed by atoms with Gasteiger partial charge in [0.15, 0.2) is 0 Å². The number of hydrogen-bond acceptors (Lipinski definition) is 4. The Kier molecular flexibility index (Phi) is 3.92. The normalized spacial score (nSPS) is 18.3. The molecule has 1 N–H and O–H groups in total. The lowest BCUT2D eigenvalue weighted by atomic mass is 10.2. The van der Waals surface area contributed by atoms with E-state index in [1.54, 1.807) is 4.57 Å². The quantitative estimate of drug-likeness (QED) is 0.798. The Morgan fingerprint density at radius 1 is 1.24 bits per heavy atom. The number of aromatic nitrogens is 4. The number of likely N-dealkylation sites (tertiary alicyclic amines) is 1. The molecular weight excluding hydrogens is 314 g/mol. The van der Waals surface area contributed by atoms with Gasteiger partial charge in [-0.1, -0.05) is 12.1 Å². The molecule has 1 fully saturated rings. The Bertz CT molecular complexity index is 968. The Balaban J connectivity index is 1.68. The van der Waals surface area contributed by atoms with E-state index in [0.29, 0.717) is 11.9 Å². The Hall–Kier alpha value is -2.47. The second kappa shape index (κ2) is 6.11. The fourth-order valence-electron chi connectivity index (χ4n) is 3.64. The predicted molar refractivity (Wildman–Crippen MR) is 97.4 cm³/mol. The molecule has 0 bridgehead atoms. The van der Waals surface area contributed by atoms with Crippen molar-refractivity contribution in [1.29, 1.82) is 0 Å². The van der Waals surface area contributed by atoms with Crippen molar-refractivity contribution in [2.75, 3.05) is 6.54 Å². The number of hydrogen-bond donors (Lipinski definition) is 1. The second-order valence-corrected chi connectivity index (χ2v) is 6.87. The van der Waals surface area contributed by atoms with Crippen LogP contribution in [0, 0.1) is 13.8 Å². The van der Waals surface area contributed by atoms with Gasteiger partial charge in [-0.15, -0.1) is 0 Å². The first-order valence-corrected chi connectivity index (χ1v) is 8.76.